The van der Waals surface area contributed by atoms with Gasteiger partial charge in [0.1, 0.15) is 17.4 Å². The highest BCUT2D eigenvalue weighted by Gasteiger charge is 2.16. The third kappa shape index (κ3) is 4.78. The molecule has 3 rings (SSSR count). The van der Waals surface area contributed by atoms with E-state index in [-0.39, 0.29) is 5.91 Å². The van der Waals surface area contributed by atoms with Crippen molar-refractivity contribution in [3.05, 3.63) is 80.8 Å². The first-order valence-electron chi connectivity index (χ1n) is 9.46. The number of thiazole rings is 1. The number of aromatic nitrogens is 1. The molecule has 0 aliphatic rings. The number of ether oxygens (including phenoxy) is 1. The quantitative estimate of drug-likeness (QED) is 0.545. The molecule has 1 aromatic heterocycles. The Morgan fingerprint density at radius 1 is 1.14 bits per heavy atom. The van der Waals surface area contributed by atoms with Gasteiger partial charge in [0.05, 0.1) is 12.2 Å². The second-order valence-corrected chi connectivity index (χ2v) is 7.85. The maximum atomic E-state index is 12.7. The molecule has 28 heavy (non-hydrogen) atoms. The molecule has 0 spiro atoms. The van der Waals surface area contributed by atoms with Gasteiger partial charge in [0.25, 0.3) is 5.91 Å². The Labute approximate surface area is 170 Å². The molecule has 0 fully saturated rings. The van der Waals surface area contributed by atoms with Crippen LogP contribution in [0.15, 0.2) is 47.8 Å². The summed E-state index contributed by atoms with van der Waals surface area (Å²) >= 11 is 1.57. The van der Waals surface area contributed by atoms with Crippen LogP contribution in [-0.2, 0) is 13.2 Å². The Hall–Kier alpha value is -2.66. The van der Waals surface area contributed by atoms with Gasteiger partial charge in [-0.05, 0) is 62.6 Å². The lowest BCUT2D eigenvalue weighted by Crippen LogP contribution is -2.30. The standard InChI is InChI=1S/C23H26N2O2S/c1-5-25(23(26)19-9-7-6-8-10-19)13-20-15-28-22(24-20)14-27-21-12-16(2)11-17(3)18(21)4/h6-12,15H,5,13-14H2,1-4H3. The summed E-state index contributed by atoms with van der Waals surface area (Å²) in [5, 5.41) is 2.92. The summed E-state index contributed by atoms with van der Waals surface area (Å²) in [6, 6.07) is 13.6. The summed E-state index contributed by atoms with van der Waals surface area (Å²) in [5.74, 6) is 0.934. The molecule has 0 aliphatic heterocycles. The van der Waals surface area contributed by atoms with Crippen molar-refractivity contribution in [1.29, 1.82) is 0 Å². The number of hydrogen-bond donors (Lipinski definition) is 0. The molecule has 0 bridgehead atoms. The van der Waals surface area contributed by atoms with Crippen molar-refractivity contribution < 1.29 is 9.53 Å². The minimum atomic E-state index is 0.0276. The first-order valence-corrected chi connectivity index (χ1v) is 10.3. The Morgan fingerprint density at radius 2 is 1.89 bits per heavy atom. The van der Waals surface area contributed by atoms with Crippen molar-refractivity contribution in [2.75, 3.05) is 6.54 Å². The first-order chi connectivity index (χ1) is 13.5. The van der Waals surface area contributed by atoms with Crippen molar-refractivity contribution >= 4 is 17.2 Å². The molecule has 0 unspecified atom stereocenters. The van der Waals surface area contributed by atoms with E-state index in [9.17, 15) is 4.79 Å². The molecular formula is C23H26N2O2S. The summed E-state index contributed by atoms with van der Waals surface area (Å²) in [6.07, 6.45) is 0. The van der Waals surface area contributed by atoms with Gasteiger partial charge in [0.15, 0.2) is 0 Å². The highest BCUT2D eigenvalue weighted by atomic mass is 32.1. The van der Waals surface area contributed by atoms with E-state index in [2.05, 4.69) is 37.9 Å². The molecule has 0 atom stereocenters. The fraction of sp³-hybridized carbons (Fsp3) is 0.304. The minimum Gasteiger partial charge on any atom is -0.486 e. The molecule has 0 saturated heterocycles. The van der Waals surface area contributed by atoms with Crippen molar-refractivity contribution in [3.8, 4) is 5.75 Å². The van der Waals surface area contributed by atoms with Gasteiger partial charge in [-0.3, -0.25) is 4.79 Å². The van der Waals surface area contributed by atoms with Crippen molar-refractivity contribution in [2.45, 2.75) is 40.8 Å². The molecule has 1 amide bonds. The van der Waals surface area contributed by atoms with Crippen LogP contribution in [0.5, 0.6) is 5.75 Å². The number of benzene rings is 2. The minimum absolute atomic E-state index is 0.0276. The van der Waals surface area contributed by atoms with Crippen LogP contribution in [-0.4, -0.2) is 22.3 Å². The largest absolute Gasteiger partial charge is 0.486 e. The lowest BCUT2D eigenvalue weighted by atomic mass is 10.1. The van der Waals surface area contributed by atoms with Crippen LogP contribution in [0.3, 0.4) is 0 Å². The van der Waals surface area contributed by atoms with Gasteiger partial charge in [0.2, 0.25) is 0 Å². The van der Waals surface area contributed by atoms with Crippen LogP contribution < -0.4 is 4.74 Å². The monoisotopic (exact) mass is 394 g/mol. The number of nitrogens with zero attached hydrogens (tertiary/aromatic N) is 2. The summed E-state index contributed by atoms with van der Waals surface area (Å²) < 4.78 is 6.01. The summed E-state index contributed by atoms with van der Waals surface area (Å²) in [6.45, 7) is 9.81. The maximum absolute atomic E-state index is 12.7. The Bertz CT molecular complexity index is 950. The number of hydrogen-bond acceptors (Lipinski definition) is 4. The average molecular weight is 395 g/mol. The van der Waals surface area contributed by atoms with Crippen molar-refractivity contribution in [2.24, 2.45) is 0 Å². The third-order valence-electron chi connectivity index (χ3n) is 4.76. The molecule has 146 valence electrons. The maximum Gasteiger partial charge on any atom is 0.254 e. The SMILES string of the molecule is CCN(Cc1csc(COc2cc(C)cc(C)c2C)n1)C(=O)c1ccccc1. The molecule has 0 saturated carbocycles. The predicted molar refractivity (Wildman–Crippen MR) is 114 cm³/mol. The smallest absolute Gasteiger partial charge is 0.254 e. The van der Waals surface area contributed by atoms with Gasteiger partial charge in [0, 0.05) is 17.5 Å². The number of aryl methyl sites for hydroxylation is 2. The molecule has 2 aromatic carbocycles. The normalized spacial score (nSPS) is 10.7. The van der Waals surface area contributed by atoms with Crippen LogP contribution in [0.4, 0.5) is 0 Å². The Kier molecular flexibility index (Phi) is 6.47. The van der Waals surface area contributed by atoms with E-state index in [1.54, 1.807) is 11.3 Å². The molecule has 3 aromatic rings. The van der Waals surface area contributed by atoms with Gasteiger partial charge in [-0.2, -0.15) is 0 Å². The fourth-order valence-electron chi connectivity index (χ4n) is 3.06. The number of carbonyl (C=O) groups is 1. The van der Waals surface area contributed by atoms with Crippen LogP contribution in [0.1, 0.15) is 44.7 Å². The zero-order valence-corrected chi connectivity index (χ0v) is 17.7. The lowest BCUT2D eigenvalue weighted by Gasteiger charge is -2.19. The van der Waals surface area contributed by atoms with Crippen LogP contribution in [0.25, 0.3) is 0 Å². The second kappa shape index (κ2) is 9.02. The zero-order chi connectivity index (χ0) is 20.1. The van der Waals surface area contributed by atoms with E-state index < -0.39 is 0 Å². The van der Waals surface area contributed by atoms with E-state index in [0.717, 1.165) is 22.0 Å². The summed E-state index contributed by atoms with van der Waals surface area (Å²) in [5.41, 5.74) is 5.18. The van der Waals surface area contributed by atoms with Gasteiger partial charge in [-0.1, -0.05) is 24.3 Å². The number of rotatable bonds is 7. The highest BCUT2D eigenvalue weighted by Crippen LogP contribution is 2.25. The van der Waals surface area contributed by atoms with Crippen molar-refractivity contribution in [1.82, 2.24) is 9.88 Å². The fourth-order valence-corrected chi connectivity index (χ4v) is 3.76. The highest BCUT2D eigenvalue weighted by molar-refractivity contribution is 7.09. The summed E-state index contributed by atoms with van der Waals surface area (Å²) in [4.78, 5) is 19.1. The number of amides is 1. The predicted octanol–water partition coefficient (Wildman–Crippen LogP) is 5.31. The van der Waals surface area contributed by atoms with Gasteiger partial charge >= 0.3 is 0 Å². The molecule has 0 aliphatic carbocycles. The van der Waals surface area contributed by atoms with Gasteiger partial charge < -0.3 is 9.64 Å². The average Bonchev–Trinajstić information content (AvgIpc) is 3.15. The molecular weight excluding hydrogens is 368 g/mol. The van der Waals surface area contributed by atoms with E-state index in [0.29, 0.717) is 25.3 Å². The number of carbonyl (C=O) groups excluding carboxylic acids is 1. The van der Waals surface area contributed by atoms with Crippen LogP contribution in [0.2, 0.25) is 0 Å². The molecule has 0 N–H and O–H groups in total. The molecule has 1 heterocycles. The van der Waals surface area contributed by atoms with E-state index >= 15 is 0 Å². The van der Waals surface area contributed by atoms with Crippen molar-refractivity contribution in [3.63, 3.8) is 0 Å². The molecule has 0 radical (unpaired) electrons. The van der Waals surface area contributed by atoms with E-state index in [1.807, 2.05) is 47.5 Å². The van der Waals surface area contributed by atoms with E-state index in [1.165, 1.54) is 11.1 Å². The van der Waals surface area contributed by atoms with Gasteiger partial charge in [-0.15, -0.1) is 11.3 Å². The van der Waals surface area contributed by atoms with E-state index in [4.69, 9.17) is 4.74 Å². The third-order valence-corrected chi connectivity index (χ3v) is 5.63. The Balaban J connectivity index is 1.64. The van der Waals surface area contributed by atoms with Gasteiger partial charge in [-0.25, -0.2) is 4.98 Å². The second-order valence-electron chi connectivity index (χ2n) is 6.91. The molecule has 4 nitrogen and oxygen atoms in total. The summed E-state index contributed by atoms with van der Waals surface area (Å²) in [7, 11) is 0. The zero-order valence-electron chi connectivity index (χ0n) is 16.9. The first kappa shape index (κ1) is 20.1. The Morgan fingerprint density at radius 3 is 2.61 bits per heavy atom. The topological polar surface area (TPSA) is 42.4 Å². The molecule has 5 heteroatoms. The van der Waals surface area contributed by atoms with Crippen LogP contribution in [0, 0.1) is 20.8 Å². The lowest BCUT2D eigenvalue weighted by molar-refractivity contribution is 0.0751. The van der Waals surface area contributed by atoms with Crippen LogP contribution >= 0.6 is 11.3 Å².